The van der Waals surface area contributed by atoms with E-state index in [1.165, 1.54) is 24.3 Å². The first kappa shape index (κ1) is 17.5. The predicted octanol–water partition coefficient (Wildman–Crippen LogP) is 1.86. The molecule has 0 radical (unpaired) electrons. The highest BCUT2D eigenvalue weighted by atomic mass is 32.2. The fourth-order valence-corrected chi connectivity index (χ4v) is 2.99. The van der Waals surface area contributed by atoms with E-state index in [2.05, 4.69) is 4.72 Å². The topological polar surface area (TPSA) is 92.7 Å². The summed E-state index contributed by atoms with van der Waals surface area (Å²) in [5, 5.41) is 8.50. The molecule has 0 saturated carbocycles. The number of hydrogen-bond donors (Lipinski definition) is 2. The number of carbonyl (C=O) groups is 1. The molecule has 0 amide bonds. The molecule has 0 saturated heterocycles. The maximum absolute atomic E-state index is 12.2. The van der Waals surface area contributed by atoms with Crippen LogP contribution in [0.5, 0.6) is 5.75 Å². The molecule has 1 rings (SSSR count). The summed E-state index contributed by atoms with van der Waals surface area (Å²) in [7, 11) is -3.58. The summed E-state index contributed by atoms with van der Waals surface area (Å²) in [5.41, 5.74) is 0. The van der Waals surface area contributed by atoms with Gasteiger partial charge in [0.1, 0.15) is 5.75 Å². The van der Waals surface area contributed by atoms with Crippen molar-refractivity contribution in [2.75, 3.05) is 6.61 Å². The minimum absolute atomic E-state index is 0.125. The van der Waals surface area contributed by atoms with Gasteiger partial charge in [-0.25, -0.2) is 17.9 Å². The van der Waals surface area contributed by atoms with Crippen LogP contribution in [0.4, 0.5) is 0 Å². The van der Waals surface area contributed by atoms with Crippen LogP contribution in [0.15, 0.2) is 29.2 Å². The monoisotopic (exact) mass is 315 g/mol. The molecule has 0 aromatic heterocycles. The second-order valence-electron chi connectivity index (χ2n) is 4.95. The number of sulfonamides is 1. The van der Waals surface area contributed by atoms with Gasteiger partial charge in [-0.2, -0.15) is 0 Å². The van der Waals surface area contributed by atoms with Crippen LogP contribution in [0.25, 0.3) is 0 Å². The van der Waals surface area contributed by atoms with Crippen LogP contribution in [0.1, 0.15) is 27.2 Å². The lowest BCUT2D eigenvalue weighted by molar-refractivity contribution is -0.139. The lowest BCUT2D eigenvalue weighted by Gasteiger charge is -2.19. The summed E-state index contributed by atoms with van der Waals surface area (Å²) in [6, 6.07) is 5.49. The van der Waals surface area contributed by atoms with Crippen molar-refractivity contribution >= 4 is 16.0 Å². The van der Waals surface area contributed by atoms with E-state index in [1.807, 2.05) is 20.8 Å². The summed E-state index contributed by atoms with van der Waals surface area (Å²) in [5.74, 6) is -0.542. The molecule has 0 bridgehead atoms. The molecular formula is C14H21NO5S. The highest BCUT2D eigenvalue weighted by Gasteiger charge is 2.20. The second-order valence-corrected chi connectivity index (χ2v) is 6.66. The van der Waals surface area contributed by atoms with E-state index in [0.29, 0.717) is 5.75 Å². The van der Waals surface area contributed by atoms with E-state index in [0.717, 1.165) is 6.42 Å². The zero-order valence-electron chi connectivity index (χ0n) is 12.4. The molecular weight excluding hydrogens is 294 g/mol. The molecule has 0 aliphatic heterocycles. The van der Waals surface area contributed by atoms with E-state index in [-0.39, 0.29) is 16.9 Å². The Kier molecular flexibility index (Phi) is 6.17. The Bertz CT molecular complexity index is 568. The number of hydrogen-bond acceptors (Lipinski definition) is 4. The van der Waals surface area contributed by atoms with E-state index in [1.54, 1.807) is 0 Å². The number of ether oxygens (including phenoxy) is 1. The van der Waals surface area contributed by atoms with E-state index < -0.39 is 22.6 Å². The summed E-state index contributed by atoms with van der Waals surface area (Å²) >= 11 is 0. The molecule has 0 aliphatic rings. The second kappa shape index (κ2) is 7.42. The Morgan fingerprint density at radius 3 is 2.33 bits per heavy atom. The molecule has 1 aromatic carbocycles. The molecule has 6 nitrogen and oxygen atoms in total. The van der Waals surface area contributed by atoms with Crippen molar-refractivity contribution in [1.29, 1.82) is 0 Å². The van der Waals surface area contributed by atoms with Crippen molar-refractivity contribution < 1.29 is 23.1 Å². The summed E-state index contributed by atoms with van der Waals surface area (Å²) in [6.45, 7) is 5.35. The van der Waals surface area contributed by atoms with Gasteiger partial charge in [-0.15, -0.1) is 0 Å². The van der Waals surface area contributed by atoms with Crippen molar-refractivity contribution in [1.82, 2.24) is 4.72 Å². The number of carboxylic acid groups (broad SMARTS) is 1. The Hall–Kier alpha value is -1.60. The van der Waals surface area contributed by atoms with Crippen LogP contribution in [0.3, 0.4) is 0 Å². The van der Waals surface area contributed by atoms with Gasteiger partial charge in [0, 0.05) is 6.04 Å². The van der Waals surface area contributed by atoms with Crippen molar-refractivity contribution in [2.45, 2.75) is 38.1 Å². The van der Waals surface area contributed by atoms with Crippen LogP contribution >= 0.6 is 0 Å². The molecule has 0 fully saturated rings. The molecule has 0 spiro atoms. The molecule has 0 aliphatic carbocycles. The Balaban J connectivity index is 2.78. The average Bonchev–Trinajstić information content (AvgIpc) is 2.44. The van der Waals surface area contributed by atoms with E-state index >= 15 is 0 Å². The standard InChI is InChI=1S/C14H21NO5S/c1-4-10(2)11(3)15-21(18,19)13-7-5-12(6-8-13)20-9-14(16)17/h5-8,10-11,15H,4,9H2,1-3H3,(H,16,17). The minimum Gasteiger partial charge on any atom is -0.482 e. The largest absolute Gasteiger partial charge is 0.482 e. The zero-order valence-corrected chi connectivity index (χ0v) is 13.2. The number of benzene rings is 1. The van der Waals surface area contributed by atoms with Crippen molar-refractivity contribution in [3.63, 3.8) is 0 Å². The van der Waals surface area contributed by atoms with Gasteiger partial charge in [0.15, 0.2) is 6.61 Å². The van der Waals surface area contributed by atoms with Gasteiger partial charge >= 0.3 is 5.97 Å². The number of aliphatic carboxylic acids is 1. The molecule has 2 atom stereocenters. The zero-order chi connectivity index (χ0) is 16.0. The third-order valence-electron chi connectivity index (χ3n) is 3.33. The molecule has 0 heterocycles. The van der Waals surface area contributed by atoms with Crippen LogP contribution in [0, 0.1) is 5.92 Å². The molecule has 1 aromatic rings. The van der Waals surface area contributed by atoms with Gasteiger partial charge in [-0.05, 0) is 37.1 Å². The van der Waals surface area contributed by atoms with Crippen LogP contribution < -0.4 is 9.46 Å². The molecule has 2 unspecified atom stereocenters. The van der Waals surface area contributed by atoms with Gasteiger partial charge < -0.3 is 9.84 Å². The van der Waals surface area contributed by atoms with Crippen molar-refractivity contribution in [2.24, 2.45) is 5.92 Å². The molecule has 118 valence electrons. The summed E-state index contributed by atoms with van der Waals surface area (Å²) in [6.07, 6.45) is 0.881. The smallest absolute Gasteiger partial charge is 0.341 e. The number of rotatable bonds is 8. The summed E-state index contributed by atoms with van der Waals surface area (Å²) in [4.78, 5) is 10.5. The SMILES string of the molecule is CCC(C)C(C)NS(=O)(=O)c1ccc(OCC(=O)O)cc1. The first-order valence-corrected chi connectivity index (χ1v) is 8.21. The minimum atomic E-state index is -3.58. The van der Waals surface area contributed by atoms with Gasteiger partial charge in [0.2, 0.25) is 10.0 Å². The van der Waals surface area contributed by atoms with Crippen LogP contribution in [0.2, 0.25) is 0 Å². The van der Waals surface area contributed by atoms with Gasteiger partial charge in [0.05, 0.1) is 4.90 Å². The lowest BCUT2D eigenvalue weighted by atomic mass is 10.0. The maximum Gasteiger partial charge on any atom is 0.341 e. The fraction of sp³-hybridized carbons (Fsp3) is 0.500. The highest BCUT2D eigenvalue weighted by Crippen LogP contribution is 2.17. The van der Waals surface area contributed by atoms with E-state index in [9.17, 15) is 13.2 Å². The highest BCUT2D eigenvalue weighted by molar-refractivity contribution is 7.89. The molecule has 21 heavy (non-hydrogen) atoms. The third kappa shape index (κ3) is 5.35. The van der Waals surface area contributed by atoms with Gasteiger partial charge in [-0.1, -0.05) is 20.3 Å². The van der Waals surface area contributed by atoms with Crippen molar-refractivity contribution in [3.8, 4) is 5.75 Å². The summed E-state index contributed by atoms with van der Waals surface area (Å²) < 4.78 is 32.0. The maximum atomic E-state index is 12.2. The Labute approximate surface area is 125 Å². The first-order chi connectivity index (χ1) is 9.76. The van der Waals surface area contributed by atoms with Crippen molar-refractivity contribution in [3.05, 3.63) is 24.3 Å². The lowest BCUT2D eigenvalue weighted by Crippen LogP contribution is -2.36. The number of carboxylic acids is 1. The van der Waals surface area contributed by atoms with E-state index in [4.69, 9.17) is 9.84 Å². The Morgan fingerprint density at radius 2 is 1.86 bits per heavy atom. The Morgan fingerprint density at radius 1 is 1.29 bits per heavy atom. The number of nitrogens with one attached hydrogen (secondary N) is 1. The van der Waals surface area contributed by atoms with Crippen LogP contribution in [-0.2, 0) is 14.8 Å². The van der Waals surface area contributed by atoms with Crippen LogP contribution in [-0.4, -0.2) is 32.1 Å². The normalized spacial score (nSPS) is 14.4. The van der Waals surface area contributed by atoms with Gasteiger partial charge in [0.25, 0.3) is 0 Å². The quantitative estimate of drug-likeness (QED) is 0.764. The average molecular weight is 315 g/mol. The predicted molar refractivity (Wildman–Crippen MR) is 78.8 cm³/mol. The molecule has 2 N–H and O–H groups in total. The molecule has 7 heteroatoms. The van der Waals surface area contributed by atoms with Gasteiger partial charge in [-0.3, -0.25) is 0 Å². The first-order valence-electron chi connectivity index (χ1n) is 6.73. The fourth-order valence-electron chi connectivity index (χ4n) is 1.64. The third-order valence-corrected chi connectivity index (χ3v) is 4.91.